The average Bonchev–Trinajstić information content (AvgIpc) is 0.826. The van der Waals surface area contributed by atoms with Gasteiger partial charge in [-0.25, -0.2) is 34.7 Å². The largest absolute Gasteiger partial charge is 0.497 e. The first-order chi connectivity index (χ1) is 45.1. The second-order valence-corrected chi connectivity index (χ2v) is 28.5. The van der Waals surface area contributed by atoms with Crippen LogP contribution in [0.3, 0.4) is 0 Å². The highest BCUT2D eigenvalue weighted by atomic mass is 35.7. The van der Waals surface area contributed by atoms with Gasteiger partial charge in [0.15, 0.2) is 0 Å². The SMILES string of the molecule is CNS(=O)(=O)c1ccc(OC)cc1N1CCOCC1.COc1ccc(S(=O)(=O)Cl)c(N2CCOCC2)c1.COc1ccc(S(=O)(=O)NCc2ccccc2)c(N2CCOCC2)c1.COc1ccc(S(=O)(=O)O)c(N2CCOCC2)c1.COc1cccc(N2CCOCC2)c1. The van der Waals surface area contributed by atoms with E-state index < -0.39 is 39.2 Å². The summed E-state index contributed by atoms with van der Waals surface area (Å²) in [6, 6.07) is 36.8. The number of rotatable bonds is 18. The van der Waals surface area contributed by atoms with Crippen molar-refractivity contribution in [2.45, 2.75) is 26.1 Å². The third-order valence-electron chi connectivity index (χ3n) is 15.2. The number of hydrogen-bond donors (Lipinski definition) is 3. The number of sulfonamides is 2. The van der Waals surface area contributed by atoms with E-state index in [0.29, 0.717) is 151 Å². The van der Waals surface area contributed by atoms with Gasteiger partial charge >= 0.3 is 0 Å². The molecule has 0 aliphatic carbocycles. The van der Waals surface area contributed by atoms with Crippen LogP contribution < -0.4 is 57.6 Å². The molecule has 5 fully saturated rings. The minimum atomic E-state index is -4.25. The van der Waals surface area contributed by atoms with Crippen molar-refractivity contribution in [1.82, 2.24) is 9.44 Å². The molecule has 0 unspecified atom stereocenters. The lowest BCUT2D eigenvalue weighted by Crippen LogP contribution is -2.37. The number of morpholine rings is 5. The Labute approximate surface area is 556 Å². The summed E-state index contributed by atoms with van der Waals surface area (Å²) in [6.45, 7) is 13.4. The van der Waals surface area contributed by atoms with Crippen molar-refractivity contribution in [3.8, 4) is 28.7 Å². The quantitative estimate of drug-likeness (QED) is 0.0636. The molecule has 5 aliphatic heterocycles. The Bertz CT molecular complexity index is 3720. The van der Waals surface area contributed by atoms with E-state index in [4.69, 9.17) is 58.1 Å². The smallest absolute Gasteiger partial charge is 0.296 e. The average molecular weight is 1410 g/mol. The number of hydrogen-bond acceptors (Lipinski definition) is 23. The predicted octanol–water partition coefficient (Wildman–Crippen LogP) is 6.22. The van der Waals surface area contributed by atoms with Gasteiger partial charge in [-0.15, -0.1) is 0 Å². The van der Waals surface area contributed by atoms with Gasteiger partial charge in [-0.1, -0.05) is 36.4 Å². The van der Waals surface area contributed by atoms with E-state index in [9.17, 15) is 38.2 Å². The van der Waals surface area contributed by atoms with Crippen LogP contribution in [0.1, 0.15) is 5.56 Å². The van der Waals surface area contributed by atoms with Gasteiger partial charge in [0.1, 0.15) is 48.3 Å². The first-order valence-electron chi connectivity index (χ1n) is 30.0. The summed E-state index contributed by atoms with van der Waals surface area (Å²) in [7, 11) is -0.441. The highest BCUT2D eigenvalue weighted by Gasteiger charge is 2.27. The molecule has 31 heteroatoms. The van der Waals surface area contributed by atoms with Crippen molar-refractivity contribution < 1.29 is 85.6 Å². The highest BCUT2D eigenvalue weighted by molar-refractivity contribution is 8.13. The van der Waals surface area contributed by atoms with Crippen LogP contribution >= 0.6 is 10.7 Å². The number of benzene rings is 6. The fourth-order valence-corrected chi connectivity index (χ4v) is 14.1. The van der Waals surface area contributed by atoms with Crippen molar-refractivity contribution in [1.29, 1.82) is 0 Å². The molecule has 5 aliphatic rings. The minimum absolute atomic E-state index is 0.104. The van der Waals surface area contributed by atoms with Crippen LogP contribution in [0.25, 0.3) is 0 Å². The lowest BCUT2D eigenvalue weighted by atomic mass is 10.2. The van der Waals surface area contributed by atoms with Crippen LogP contribution in [-0.2, 0) is 69.4 Å². The molecule has 0 radical (unpaired) electrons. The summed E-state index contributed by atoms with van der Waals surface area (Å²) < 4.78 is 162. The molecule has 0 spiro atoms. The van der Waals surface area contributed by atoms with Crippen LogP contribution in [-0.4, -0.2) is 212 Å². The maximum Gasteiger partial charge on any atom is 0.296 e. The lowest BCUT2D eigenvalue weighted by Gasteiger charge is -2.30. The third kappa shape index (κ3) is 21.8. The van der Waals surface area contributed by atoms with Crippen molar-refractivity contribution in [3.05, 3.63) is 133 Å². The van der Waals surface area contributed by atoms with Crippen molar-refractivity contribution in [2.24, 2.45) is 0 Å². The van der Waals surface area contributed by atoms with Gasteiger partial charge in [-0.05, 0) is 73.3 Å². The lowest BCUT2D eigenvalue weighted by molar-refractivity contribution is 0.122. The molecule has 5 saturated heterocycles. The molecule has 11 rings (SSSR count). The van der Waals surface area contributed by atoms with E-state index in [-0.39, 0.29) is 26.1 Å². The topological polar surface area (TPSA) is 289 Å². The van der Waals surface area contributed by atoms with Crippen LogP contribution in [0.4, 0.5) is 28.4 Å². The van der Waals surface area contributed by atoms with E-state index in [2.05, 4.69) is 26.5 Å². The van der Waals surface area contributed by atoms with E-state index in [1.807, 2.05) is 62.1 Å². The van der Waals surface area contributed by atoms with Gasteiger partial charge in [-0.2, -0.15) is 8.42 Å². The number of nitrogens with zero attached hydrogens (tertiary/aromatic N) is 5. The molecule has 0 bridgehead atoms. The second kappa shape index (κ2) is 36.3. The molecule has 3 N–H and O–H groups in total. The first kappa shape index (κ1) is 74.5. The molecule has 0 aromatic heterocycles. The Hall–Kier alpha value is -6.91. The molecule has 94 heavy (non-hydrogen) atoms. The fourth-order valence-electron chi connectivity index (χ4n) is 10.2. The third-order valence-corrected chi connectivity index (χ3v) is 20.4. The number of anilines is 5. The van der Waals surface area contributed by atoms with Gasteiger partial charge in [0.25, 0.3) is 19.2 Å². The van der Waals surface area contributed by atoms with Crippen LogP contribution in [0.15, 0.2) is 147 Å². The van der Waals surface area contributed by atoms with Gasteiger partial charge < -0.3 is 71.9 Å². The summed E-state index contributed by atoms with van der Waals surface area (Å²) in [6.07, 6.45) is 0. The summed E-state index contributed by atoms with van der Waals surface area (Å²) >= 11 is 0. The zero-order valence-corrected chi connectivity index (χ0v) is 57.5. The number of nitrogens with one attached hydrogen (secondary N) is 2. The monoisotopic (exact) mass is 1410 g/mol. The molecule has 0 atom stereocenters. The summed E-state index contributed by atoms with van der Waals surface area (Å²) in [5, 5.41) is 0. The molecule has 26 nitrogen and oxygen atoms in total. The Morgan fingerprint density at radius 1 is 0.394 bits per heavy atom. The summed E-state index contributed by atoms with van der Waals surface area (Å²) in [4.78, 5) is 10.6. The minimum Gasteiger partial charge on any atom is -0.497 e. The van der Waals surface area contributed by atoms with E-state index in [0.717, 1.165) is 37.6 Å². The molecule has 6 aromatic rings. The van der Waals surface area contributed by atoms with Crippen molar-refractivity contribution >= 4 is 78.3 Å². The molecule has 516 valence electrons. The Morgan fingerprint density at radius 2 is 0.713 bits per heavy atom. The van der Waals surface area contributed by atoms with Gasteiger partial charge in [0.2, 0.25) is 20.0 Å². The zero-order valence-electron chi connectivity index (χ0n) is 53.5. The van der Waals surface area contributed by atoms with Crippen molar-refractivity contribution in [3.63, 3.8) is 0 Å². The second-order valence-electron chi connectivity index (χ2n) is 21.0. The van der Waals surface area contributed by atoms with Gasteiger partial charge in [0.05, 0.1) is 124 Å². The molecular weight excluding hydrogens is 1320 g/mol. The number of halogens is 1. The van der Waals surface area contributed by atoms with Crippen LogP contribution in [0.5, 0.6) is 28.7 Å². The standard InChI is InChI=1S/C18H22N2O4S.C12H18N2O4S.C11H14ClNO4S.C11H15NO5S.C11H15NO2/c1-23-16-7-8-18(17(13-16)20-9-11-24-12-10-20)25(21,22)19-14-15-5-3-2-4-6-15;1-13-19(15,16)12-4-3-10(17-2)9-11(12)14-5-7-18-8-6-14;1-16-9-2-3-11(18(12,14)15)10(8-9)13-4-6-17-7-5-13;1-16-9-2-3-11(18(13,14)15)10(8-9)12-4-6-17-7-5-12;1-13-11-4-2-3-10(9-11)12-5-7-14-8-6-12/h2-8,13,19H,9-12,14H2,1H3;3-4,9,13H,5-8H2,1-2H3;2-3,8H,4-7H2,1H3;2-3,8H,4-7H2,1H3,(H,13,14,15);2-4,9H,5-8H2,1H3. The summed E-state index contributed by atoms with van der Waals surface area (Å²) in [5.74, 6) is 3.32. The highest BCUT2D eigenvalue weighted by Crippen LogP contribution is 2.35. The molecule has 0 saturated carbocycles. The zero-order chi connectivity index (χ0) is 67.7. The van der Waals surface area contributed by atoms with Gasteiger partial charge in [0, 0.05) is 119 Å². The Morgan fingerprint density at radius 3 is 1.06 bits per heavy atom. The molecule has 6 aromatic carbocycles. The fraction of sp³-hybridized carbons (Fsp3) is 0.429. The van der Waals surface area contributed by atoms with Gasteiger partial charge in [-0.3, -0.25) is 4.55 Å². The number of methoxy groups -OCH3 is 5. The summed E-state index contributed by atoms with van der Waals surface area (Å²) in [5.41, 5.74) is 4.42. The van der Waals surface area contributed by atoms with Crippen molar-refractivity contribution in [2.75, 3.05) is 199 Å². The maximum atomic E-state index is 12.9. The van der Waals surface area contributed by atoms with E-state index in [1.54, 1.807) is 75.9 Å². The molecular formula is C63H84ClN7O19S4. The van der Waals surface area contributed by atoms with E-state index >= 15 is 0 Å². The first-order valence-corrected chi connectivity index (χ1v) is 36.7. The maximum absolute atomic E-state index is 12.9. The van der Waals surface area contributed by atoms with E-state index in [1.165, 1.54) is 45.2 Å². The molecule has 5 heterocycles. The number of ether oxygens (including phenoxy) is 10. The normalized spacial score (nSPS) is 16.2. The Kier molecular flexibility index (Phi) is 28.7. The Balaban J connectivity index is 0.000000168. The molecule has 0 amide bonds. The van der Waals surface area contributed by atoms with Crippen LogP contribution in [0, 0.1) is 0 Å². The van der Waals surface area contributed by atoms with Crippen LogP contribution in [0.2, 0.25) is 0 Å². The predicted molar refractivity (Wildman–Crippen MR) is 360 cm³/mol.